The Morgan fingerprint density at radius 2 is 2.00 bits per heavy atom. The number of hydrogen-bond donors (Lipinski definition) is 2. The van der Waals surface area contributed by atoms with Crippen LogP contribution in [-0.2, 0) is 0 Å². The number of aliphatic hydroxyl groups excluding tert-OH is 1. The molecule has 2 nitrogen and oxygen atoms in total. The molecule has 0 saturated carbocycles. The first-order valence-corrected chi connectivity index (χ1v) is 4.19. The summed E-state index contributed by atoms with van der Waals surface area (Å²) in [5.41, 5.74) is 0.116. The summed E-state index contributed by atoms with van der Waals surface area (Å²) in [5.74, 6) is 0. The largest absolute Gasteiger partial charge is 0.391 e. The van der Waals surface area contributed by atoms with Crippen molar-refractivity contribution >= 4 is 12.4 Å². The number of aliphatic hydroxyl groups is 1. The zero-order valence-electron chi connectivity index (χ0n) is 6.84. The molecule has 0 aromatic carbocycles. The van der Waals surface area contributed by atoms with E-state index in [1.54, 1.807) is 0 Å². The minimum Gasteiger partial charge on any atom is -0.391 e. The summed E-state index contributed by atoms with van der Waals surface area (Å²) in [4.78, 5) is 0. The van der Waals surface area contributed by atoms with Gasteiger partial charge in [0.2, 0.25) is 0 Å². The monoisotopic (exact) mass is 177 g/mol. The lowest BCUT2D eigenvalue weighted by Gasteiger charge is -2.29. The molecule has 0 spiro atoms. The van der Waals surface area contributed by atoms with Crippen molar-refractivity contribution in [3.05, 3.63) is 0 Å². The fourth-order valence-corrected chi connectivity index (χ4v) is 2.37. The van der Waals surface area contributed by atoms with E-state index in [-0.39, 0.29) is 24.0 Å². The van der Waals surface area contributed by atoms with Crippen LogP contribution < -0.4 is 5.32 Å². The van der Waals surface area contributed by atoms with Crippen LogP contribution in [0.5, 0.6) is 0 Å². The minimum absolute atomic E-state index is 0. The molecule has 2 bridgehead atoms. The number of halogens is 1. The second kappa shape index (κ2) is 2.92. The van der Waals surface area contributed by atoms with Gasteiger partial charge in [-0.05, 0) is 32.6 Å². The molecule has 1 unspecified atom stereocenters. The van der Waals surface area contributed by atoms with E-state index in [0.717, 1.165) is 6.04 Å². The van der Waals surface area contributed by atoms with Crippen LogP contribution in [0.15, 0.2) is 0 Å². The van der Waals surface area contributed by atoms with E-state index in [4.69, 9.17) is 0 Å². The molecule has 3 heteroatoms. The van der Waals surface area contributed by atoms with Crippen LogP contribution >= 0.6 is 12.4 Å². The molecule has 0 radical (unpaired) electrons. The molecule has 11 heavy (non-hydrogen) atoms. The van der Waals surface area contributed by atoms with Crippen LogP contribution in [0.4, 0.5) is 0 Å². The summed E-state index contributed by atoms with van der Waals surface area (Å²) in [6.45, 7) is 1.90. The fourth-order valence-electron chi connectivity index (χ4n) is 2.37. The van der Waals surface area contributed by atoms with Crippen molar-refractivity contribution in [3.8, 4) is 0 Å². The lowest BCUT2D eigenvalue weighted by atomic mass is 9.84. The molecule has 0 amide bonds. The van der Waals surface area contributed by atoms with E-state index in [0.29, 0.717) is 0 Å². The average Bonchev–Trinajstić information content (AvgIpc) is 2.45. The highest BCUT2D eigenvalue weighted by Gasteiger charge is 2.47. The van der Waals surface area contributed by atoms with Crippen molar-refractivity contribution in [2.24, 2.45) is 0 Å². The molecule has 2 aliphatic rings. The van der Waals surface area contributed by atoms with E-state index < -0.39 is 0 Å². The zero-order valence-corrected chi connectivity index (χ0v) is 7.66. The Bertz CT molecular complexity index is 141. The molecule has 2 saturated heterocycles. The lowest BCUT2D eigenvalue weighted by Crippen LogP contribution is -2.46. The first-order chi connectivity index (χ1) is 4.73. The predicted octanol–water partition coefficient (Wildman–Crippen LogP) is 1.07. The maximum Gasteiger partial charge on any atom is 0.0693 e. The van der Waals surface area contributed by atoms with E-state index in [9.17, 15) is 5.11 Å². The van der Waals surface area contributed by atoms with E-state index in [1.807, 2.05) is 6.92 Å². The first-order valence-electron chi connectivity index (χ1n) is 4.19. The van der Waals surface area contributed by atoms with Gasteiger partial charge < -0.3 is 10.4 Å². The second-order valence-corrected chi connectivity index (χ2v) is 3.75. The van der Waals surface area contributed by atoms with Crippen LogP contribution in [-0.4, -0.2) is 22.8 Å². The Morgan fingerprint density at radius 3 is 2.18 bits per heavy atom. The summed E-state index contributed by atoms with van der Waals surface area (Å²) in [7, 11) is 0. The molecule has 2 heterocycles. The van der Waals surface area contributed by atoms with E-state index in [1.165, 1.54) is 25.7 Å². The third kappa shape index (κ3) is 1.28. The molecule has 0 aromatic rings. The van der Waals surface area contributed by atoms with Crippen LogP contribution in [0.3, 0.4) is 0 Å². The third-order valence-electron chi connectivity index (χ3n) is 3.17. The molecule has 0 aromatic heterocycles. The highest BCUT2D eigenvalue weighted by molar-refractivity contribution is 5.85. The lowest BCUT2D eigenvalue weighted by molar-refractivity contribution is 0.0907. The number of hydrogen-bond acceptors (Lipinski definition) is 2. The van der Waals surface area contributed by atoms with Crippen molar-refractivity contribution in [1.29, 1.82) is 0 Å². The van der Waals surface area contributed by atoms with Crippen LogP contribution in [0.1, 0.15) is 32.6 Å². The summed E-state index contributed by atoms with van der Waals surface area (Å²) in [5, 5.41) is 13.0. The molecule has 1 atom stereocenters. The minimum atomic E-state index is -0.167. The first kappa shape index (κ1) is 9.30. The molecule has 66 valence electrons. The van der Waals surface area contributed by atoms with Crippen molar-refractivity contribution < 1.29 is 5.11 Å². The number of rotatable bonds is 1. The van der Waals surface area contributed by atoms with Crippen LogP contribution in [0.2, 0.25) is 0 Å². The smallest absolute Gasteiger partial charge is 0.0693 e. The van der Waals surface area contributed by atoms with Gasteiger partial charge in [-0.3, -0.25) is 0 Å². The third-order valence-corrected chi connectivity index (χ3v) is 3.17. The topological polar surface area (TPSA) is 32.3 Å². The van der Waals surface area contributed by atoms with Gasteiger partial charge in [0.25, 0.3) is 0 Å². The standard InChI is InChI=1S/C8H15NO.ClH/c1-6(10)8-4-2-7(9-8)3-5-8;/h6-7,9-10H,2-5H2,1H3;1H/t6?,7-,8+;. The molecule has 2 fully saturated rings. The predicted molar refractivity (Wildman–Crippen MR) is 47.1 cm³/mol. The van der Waals surface area contributed by atoms with Gasteiger partial charge in [-0.25, -0.2) is 0 Å². The van der Waals surface area contributed by atoms with Gasteiger partial charge in [-0.2, -0.15) is 0 Å². The molecule has 2 N–H and O–H groups in total. The van der Waals surface area contributed by atoms with Gasteiger partial charge >= 0.3 is 0 Å². The fraction of sp³-hybridized carbons (Fsp3) is 1.00. The highest BCUT2D eigenvalue weighted by atomic mass is 35.5. The summed E-state index contributed by atoms with van der Waals surface area (Å²) in [6, 6.07) is 0.717. The van der Waals surface area contributed by atoms with Gasteiger partial charge in [0.15, 0.2) is 0 Å². The number of nitrogens with one attached hydrogen (secondary N) is 1. The highest BCUT2D eigenvalue weighted by Crippen LogP contribution is 2.39. The van der Waals surface area contributed by atoms with Gasteiger partial charge in [0.05, 0.1) is 6.10 Å². The van der Waals surface area contributed by atoms with Crippen molar-refractivity contribution in [1.82, 2.24) is 5.32 Å². The Labute approximate surface area is 73.8 Å². The van der Waals surface area contributed by atoms with E-state index in [2.05, 4.69) is 5.32 Å². The van der Waals surface area contributed by atoms with Gasteiger partial charge in [-0.1, -0.05) is 0 Å². The maximum absolute atomic E-state index is 9.47. The molecule has 0 aliphatic carbocycles. The molecule has 2 rings (SSSR count). The zero-order chi connectivity index (χ0) is 7.19. The average molecular weight is 178 g/mol. The van der Waals surface area contributed by atoms with Gasteiger partial charge in [0.1, 0.15) is 0 Å². The summed E-state index contributed by atoms with van der Waals surface area (Å²) in [6.07, 6.45) is 4.72. The molecular weight excluding hydrogens is 162 g/mol. The van der Waals surface area contributed by atoms with Gasteiger partial charge in [0, 0.05) is 11.6 Å². The maximum atomic E-state index is 9.47. The second-order valence-electron chi connectivity index (χ2n) is 3.75. The summed E-state index contributed by atoms with van der Waals surface area (Å²) >= 11 is 0. The Hall–Kier alpha value is 0.210. The Morgan fingerprint density at radius 1 is 1.45 bits per heavy atom. The van der Waals surface area contributed by atoms with E-state index >= 15 is 0 Å². The summed E-state index contributed by atoms with van der Waals surface area (Å²) < 4.78 is 0. The Balaban J connectivity index is 0.000000605. The van der Waals surface area contributed by atoms with Crippen LogP contribution in [0, 0.1) is 0 Å². The molecule has 2 aliphatic heterocycles. The van der Waals surface area contributed by atoms with Crippen molar-refractivity contribution in [2.45, 2.75) is 50.3 Å². The van der Waals surface area contributed by atoms with Crippen molar-refractivity contribution in [2.75, 3.05) is 0 Å². The quantitative estimate of drug-likeness (QED) is 0.628. The van der Waals surface area contributed by atoms with Crippen LogP contribution in [0.25, 0.3) is 0 Å². The number of fused-ring (bicyclic) bond motifs is 2. The van der Waals surface area contributed by atoms with Crippen molar-refractivity contribution in [3.63, 3.8) is 0 Å². The van der Waals surface area contributed by atoms with Gasteiger partial charge in [-0.15, -0.1) is 12.4 Å². The SMILES string of the molecule is CC(O)[C@]12CC[C@H](CC1)N2.Cl. The normalized spacial score (nSPS) is 43.6. The Kier molecular flexibility index (Phi) is 2.47. The molecular formula is C8H16ClNO.